The summed E-state index contributed by atoms with van der Waals surface area (Å²) in [6.07, 6.45) is 2.73. The molecule has 0 unspecified atom stereocenters. The molecule has 2 heterocycles. The second-order valence-electron chi connectivity index (χ2n) is 14.8. The molecule has 0 amide bonds. The molecular formula is C53H42N3OPt-. The van der Waals surface area contributed by atoms with Crippen LogP contribution in [0, 0.1) is 18.8 Å². The first-order valence-electron chi connectivity index (χ1n) is 20.8. The molecule has 0 saturated carbocycles. The van der Waals surface area contributed by atoms with E-state index in [1.165, 1.54) is 5.56 Å². The Hall–Kier alpha value is -6.35. The van der Waals surface area contributed by atoms with Crippen LogP contribution in [0.5, 0.6) is 5.75 Å². The van der Waals surface area contributed by atoms with E-state index < -0.39 is 6.85 Å². The first-order chi connectivity index (χ1) is 29.1. The summed E-state index contributed by atoms with van der Waals surface area (Å²) >= 11 is 0. The van der Waals surface area contributed by atoms with Gasteiger partial charge >= 0.3 is 0 Å². The van der Waals surface area contributed by atoms with Crippen LogP contribution in [0.2, 0.25) is 0 Å². The molecule has 0 fully saturated rings. The molecule has 0 radical (unpaired) electrons. The molecule has 0 saturated heterocycles. The summed E-state index contributed by atoms with van der Waals surface area (Å²) in [5, 5.41) is 11.4. The second-order valence-corrected chi connectivity index (χ2v) is 14.8. The van der Waals surface area contributed by atoms with E-state index in [4.69, 9.17) is 14.1 Å². The quantitative estimate of drug-likeness (QED) is 0.147. The van der Waals surface area contributed by atoms with Crippen LogP contribution < -0.4 is 0 Å². The van der Waals surface area contributed by atoms with Gasteiger partial charge in [-0.3, -0.25) is 9.55 Å². The third-order valence-electron chi connectivity index (χ3n) is 10.4. The minimum absolute atomic E-state index is 0. The Labute approximate surface area is 359 Å². The van der Waals surface area contributed by atoms with Crippen LogP contribution in [-0.2, 0) is 27.5 Å². The maximum Gasteiger partial charge on any atom is 0.148 e. The summed E-state index contributed by atoms with van der Waals surface area (Å²) in [7, 11) is 0. The molecule has 0 aliphatic carbocycles. The number of benzene rings is 7. The van der Waals surface area contributed by atoms with Crippen LogP contribution in [0.25, 0.3) is 83.9 Å². The Morgan fingerprint density at radius 3 is 2.05 bits per heavy atom. The Morgan fingerprint density at radius 2 is 1.31 bits per heavy atom. The number of aromatic hydroxyl groups is 1. The van der Waals surface area contributed by atoms with Gasteiger partial charge in [-0.15, -0.1) is 23.8 Å². The maximum atomic E-state index is 11.4. The number of aromatic nitrogens is 3. The van der Waals surface area contributed by atoms with Crippen molar-refractivity contribution in [3.8, 4) is 78.6 Å². The number of para-hydroxylation sites is 2. The smallest absolute Gasteiger partial charge is 0.148 e. The second kappa shape index (κ2) is 16.6. The number of rotatable bonds is 9. The molecule has 9 rings (SSSR count). The van der Waals surface area contributed by atoms with Gasteiger partial charge in [0, 0.05) is 42.6 Å². The van der Waals surface area contributed by atoms with Crippen molar-refractivity contribution in [2.75, 3.05) is 0 Å². The Morgan fingerprint density at radius 1 is 0.621 bits per heavy atom. The monoisotopic (exact) mass is 934 g/mol. The fourth-order valence-corrected chi connectivity index (χ4v) is 7.70. The molecule has 4 nitrogen and oxygen atoms in total. The first-order valence-corrected chi connectivity index (χ1v) is 19.3. The van der Waals surface area contributed by atoms with E-state index in [9.17, 15) is 5.11 Å². The van der Waals surface area contributed by atoms with Crippen molar-refractivity contribution in [3.05, 3.63) is 193 Å². The molecular weight excluding hydrogens is 890 g/mol. The molecule has 9 aromatic rings. The summed E-state index contributed by atoms with van der Waals surface area (Å²) in [5.41, 5.74) is 14.1. The number of pyridine rings is 1. The van der Waals surface area contributed by atoms with Crippen LogP contribution in [0.4, 0.5) is 0 Å². The van der Waals surface area contributed by atoms with Gasteiger partial charge in [-0.05, 0) is 83.4 Å². The van der Waals surface area contributed by atoms with E-state index >= 15 is 0 Å². The number of imidazole rings is 1. The van der Waals surface area contributed by atoms with Crippen LogP contribution >= 0.6 is 0 Å². The van der Waals surface area contributed by atoms with Crippen molar-refractivity contribution in [2.24, 2.45) is 5.92 Å². The molecule has 286 valence electrons. The van der Waals surface area contributed by atoms with Crippen molar-refractivity contribution in [3.63, 3.8) is 0 Å². The number of phenols is 1. The van der Waals surface area contributed by atoms with Crippen LogP contribution in [0.3, 0.4) is 0 Å². The van der Waals surface area contributed by atoms with Gasteiger partial charge in [0.1, 0.15) is 11.6 Å². The SMILES string of the molecule is [2H]C([2H])([2H])c1ccc(-c2ccnc(-c3[c-]c(-c4cccc5c4nc(-c4ccccc4O)n5-c4ccc(CC(C)C)cc4-c4ccccc4)cc(-c4ccccc4)c3)c2)cc1.[Pt]. The zero-order chi connectivity index (χ0) is 41.4. The number of nitrogens with zero attached hydrogens (tertiary/aromatic N) is 3. The van der Waals surface area contributed by atoms with E-state index in [0.29, 0.717) is 22.9 Å². The molecule has 2 aromatic heterocycles. The number of hydrogen-bond donors (Lipinski definition) is 1. The summed E-state index contributed by atoms with van der Waals surface area (Å²) in [5.74, 6) is 1.27. The average molecular weight is 935 g/mol. The maximum absolute atomic E-state index is 11.4. The molecule has 0 atom stereocenters. The number of aryl methyl sites for hydroxylation is 1. The van der Waals surface area contributed by atoms with E-state index in [1.54, 1.807) is 24.4 Å². The van der Waals surface area contributed by atoms with Crippen molar-refractivity contribution < 1.29 is 30.3 Å². The Kier molecular flexibility index (Phi) is 9.99. The Balaban J connectivity index is 0.00000514. The minimum atomic E-state index is -2.17. The van der Waals surface area contributed by atoms with Gasteiger partial charge < -0.3 is 5.11 Å². The van der Waals surface area contributed by atoms with Crippen molar-refractivity contribution in [1.29, 1.82) is 0 Å². The van der Waals surface area contributed by atoms with Gasteiger partial charge in [0.25, 0.3) is 0 Å². The van der Waals surface area contributed by atoms with Gasteiger partial charge in [-0.1, -0.05) is 157 Å². The van der Waals surface area contributed by atoms with Crippen molar-refractivity contribution >= 4 is 11.0 Å². The van der Waals surface area contributed by atoms with E-state index in [0.717, 1.165) is 78.9 Å². The number of phenolic OH excluding ortho intramolecular Hbond substituents is 1. The number of fused-ring (bicyclic) bond motifs is 1. The predicted octanol–water partition coefficient (Wildman–Crippen LogP) is 13.4. The van der Waals surface area contributed by atoms with Gasteiger partial charge in [0.05, 0.1) is 22.3 Å². The normalized spacial score (nSPS) is 12.2. The zero-order valence-corrected chi connectivity index (χ0v) is 34.4. The summed E-state index contributed by atoms with van der Waals surface area (Å²) in [6, 6.07) is 60.0. The first kappa shape index (κ1) is 34.9. The van der Waals surface area contributed by atoms with Gasteiger partial charge in [0.2, 0.25) is 0 Å². The van der Waals surface area contributed by atoms with E-state index in [-0.39, 0.29) is 26.8 Å². The van der Waals surface area contributed by atoms with E-state index in [1.807, 2.05) is 66.7 Å². The van der Waals surface area contributed by atoms with Crippen LogP contribution in [-0.4, -0.2) is 19.6 Å². The fourth-order valence-electron chi connectivity index (χ4n) is 7.70. The van der Waals surface area contributed by atoms with Crippen molar-refractivity contribution in [2.45, 2.75) is 27.1 Å². The largest absolute Gasteiger partial charge is 0.507 e. The Bertz CT molecular complexity index is 2980. The van der Waals surface area contributed by atoms with Gasteiger partial charge in [0.15, 0.2) is 0 Å². The topological polar surface area (TPSA) is 50.9 Å². The zero-order valence-electron chi connectivity index (χ0n) is 35.1. The van der Waals surface area contributed by atoms with Gasteiger partial charge in [-0.2, -0.15) is 0 Å². The molecule has 5 heteroatoms. The van der Waals surface area contributed by atoms with Crippen LogP contribution in [0.1, 0.15) is 29.1 Å². The fraction of sp³-hybridized carbons (Fsp3) is 0.0943. The molecule has 58 heavy (non-hydrogen) atoms. The molecule has 0 aliphatic heterocycles. The third kappa shape index (κ3) is 7.69. The minimum Gasteiger partial charge on any atom is -0.507 e. The molecule has 7 aromatic carbocycles. The third-order valence-corrected chi connectivity index (χ3v) is 10.4. The summed E-state index contributed by atoms with van der Waals surface area (Å²) in [6.45, 7) is 2.30. The van der Waals surface area contributed by atoms with Gasteiger partial charge in [-0.25, -0.2) is 4.98 Å². The summed E-state index contributed by atoms with van der Waals surface area (Å²) in [4.78, 5) is 10.2. The average Bonchev–Trinajstić information content (AvgIpc) is 3.66. The summed E-state index contributed by atoms with van der Waals surface area (Å²) < 4.78 is 25.6. The molecule has 1 N–H and O–H groups in total. The van der Waals surface area contributed by atoms with Crippen LogP contribution in [0.15, 0.2) is 176 Å². The number of hydrogen-bond acceptors (Lipinski definition) is 3. The van der Waals surface area contributed by atoms with Crippen molar-refractivity contribution in [1.82, 2.24) is 14.5 Å². The predicted molar refractivity (Wildman–Crippen MR) is 235 cm³/mol. The molecule has 0 aliphatic rings. The standard InChI is InChI=1S/C53H42N3O.Pt/c1-35(2)29-37-23-26-49(47(30-37)40-15-8-5-9-16-40)56-50-19-12-18-45(52(50)55-53(56)46-17-10-11-20-51(46)57)43-31-42(38-13-6-4-7-14-38)32-44(33-43)48-34-41(27-28-54-48)39-24-21-36(3)22-25-39;/h4-28,30-32,34-35,57H,29H2,1-3H3;/q-1;/i3D3;. The molecule has 0 spiro atoms. The van der Waals surface area contributed by atoms with E-state index in [2.05, 4.69) is 109 Å². The molecule has 0 bridgehead atoms.